The zero-order chi connectivity index (χ0) is 10.6. The van der Waals surface area contributed by atoms with Crippen LogP contribution in [-0.2, 0) is 4.74 Å². The minimum Gasteiger partial charge on any atom is -0.374 e. The van der Waals surface area contributed by atoms with Crippen molar-refractivity contribution in [3.05, 3.63) is 0 Å². The van der Waals surface area contributed by atoms with Gasteiger partial charge in [0.15, 0.2) is 5.96 Å². The van der Waals surface area contributed by atoms with E-state index in [2.05, 4.69) is 10.3 Å². The van der Waals surface area contributed by atoms with Crippen molar-refractivity contribution < 1.29 is 4.74 Å². The van der Waals surface area contributed by atoms with Crippen molar-refractivity contribution >= 4 is 5.96 Å². The molecule has 0 aromatic rings. The molecule has 1 aliphatic carbocycles. The van der Waals surface area contributed by atoms with Crippen molar-refractivity contribution in [2.75, 3.05) is 13.2 Å². The topological polar surface area (TPSA) is 59.6 Å². The van der Waals surface area contributed by atoms with Crippen LogP contribution in [0.3, 0.4) is 0 Å². The lowest BCUT2D eigenvalue weighted by atomic mass is 10.1. The van der Waals surface area contributed by atoms with Gasteiger partial charge in [0.05, 0.1) is 12.1 Å². The molecule has 4 nitrogen and oxygen atoms in total. The van der Waals surface area contributed by atoms with E-state index in [9.17, 15) is 0 Å². The van der Waals surface area contributed by atoms with Gasteiger partial charge in [-0.15, -0.1) is 0 Å². The summed E-state index contributed by atoms with van der Waals surface area (Å²) < 4.78 is 5.51. The minimum atomic E-state index is -0.218. The maximum atomic E-state index is 5.70. The van der Waals surface area contributed by atoms with Gasteiger partial charge in [-0.05, 0) is 33.6 Å². The highest BCUT2D eigenvalue weighted by Gasteiger charge is 2.22. The molecule has 0 atom stereocenters. The molecule has 0 radical (unpaired) electrons. The molecule has 14 heavy (non-hydrogen) atoms. The number of hydrogen-bond donors (Lipinski definition) is 2. The molecular weight excluding hydrogens is 178 g/mol. The molecule has 0 unspecified atom stereocenters. The molecule has 1 fully saturated rings. The Balaban J connectivity index is 2.27. The van der Waals surface area contributed by atoms with Crippen LogP contribution in [-0.4, -0.2) is 30.8 Å². The van der Waals surface area contributed by atoms with E-state index >= 15 is 0 Å². The van der Waals surface area contributed by atoms with Gasteiger partial charge in [-0.1, -0.05) is 0 Å². The second kappa shape index (κ2) is 4.64. The normalized spacial score (nSPS) is 18.4. The van der Waals surface area contributed by atoms with Crippen LogP contribution in [0.1, 0.15) is 33.6 Å². The fourth-order valence-corrected chi connectivity index (χ4v) is 1.19. The molecule has 0 aliphatic heterocycles. The number of rotatable bonds is 5. The summed E-state index contributed by atoms with van der Waals surface area (Å²) in [5.41, 5.74) is 5.48. The summed E-state index contributed by atoms with van der Waals surface area (Å²) in [4.78, 5) is 4.25. The summed E-state index contributed by atoms with van der Waals surface area (Å²) in [7, 11) is 0. The first-order valence-electron chi connectivity index (χ1n) is 5.24. The highest BCUT2D eigenvalue weighted by atomic mass is 16.5. The minimum absolute atomic E-state index is 0.218. The maximum Gasteiger partial charge on any atom is 0.188 e. The first kappa shape index (κ1) is 11.3. The summed E-state index contributed by atoms with van der Waals surface area (Å²) in [6.45, 7) is 7.33. The van der Waals surface area contributed by atoms with Gasteiger partial charge in [-0.2, -0.15) is 0 Å². The van der Waals surface area contributed by atoms with Gasteiger partial charge in [-0.3, -0.25) is 4.99 Å². The van der Waals surface area contributed by atoms with Crippen molar-refractivity contribution in [2.45, 2.75) is 45.3 Å². The van der Waals surface area contributed by atoms with Crippen LogP contribution in [0.25, 0.3) is 0 Å². The fraction of sp³-hybridized carbons (Fsp3) is 0.900. The summed E-state index contributed by atoms with van der Waals surface area (Å²) in [5.74, 6) is 0.542. The second-order valence-corrected chi connectivity index (χ2v) is 4.31. The van der Waals surface area contributed by atoms with Crippen molar-refractivity contribution in [3.63, 3.8) is 0 Å². The van der Waals surface area contributed by atoms with E-state index < -0.39 is 0 Å². The largest absolute Gasteiger partial charge is 0.374 e. The predicted octanol–water partition coefficient (Wildman–Crippen LogP) is 0.868. The van der Waals surface area contributed by atoms with Crippen molar-refractivity contribution in [3.8, 4) is 0 Å². The molecule has 1 saturated carbocycles. The fourth-order valence-electron chi connectivity index (χ4n) is 1.19. The molecule has 1 rings (SSSR count). The smallest absolute Gasteiger partial charge is 0.188 e. The lowest BCUT2D eigenvalue weighted by Gasteiger charge is -2.22. The highest BCUT2D eigenvalue weighted by Crippen LogP contribution is 2.18. The van der Waals surface area contributed by atoms with E-state index in [0.29, 0.717) is 25.2 Å². The van der Waals surface area contributed by atoms with Gasteiger partial charge < -0.3 is 15.8 Å². The lowest BCUT2D eigenvalue weighted by molar-refractivity contribution is -0.00215. The van der Waals surface area contributed by atoms with Gasteiger partial charge in [0, 0.05) is 12.6 Å². The third-order valence-electron chi connectivity index (χ3n) is 2.09. The quantitative estimate of drug-likeness (QED) is 0.510. The molecule has 1 aliphatic rings. The molecule has 82 valence electrons. The molecule has 4 heteroatoms. The Bertz CT molecular complexity index is 209. The molecule has 0 aromatic carbocycles. The standard InChI is InChI=1S/C10H21N3O/c1-4-14-10(2,3)7-12-9(11)13-8-5-6-8/h8H,4-7H2,1-3H3,(H3,11,12,13). The molecular formula is C10H21N3O. The van der Waals surface area contributed by atoms with Gasteiger partial charge in [0.2, 0.25) is 0 Å². The molecule has 0 spiro atoms. The number of hydrogen-bond acceptors (Lipinski definition) is 2. The average Bonchev–Trinajstić information content (AvgIpc) is 2.85. The van der Waals surface area contributed by atoms with Crippen LogP contribution >= 0.6 is 0 Å². The van der Waals surface area contributed by atoms with Crippen LogP contribution in [0.5, 0.6) is 0 Å². The second-order valence-electron chi connectivity index (χ2n) is 4.31. The SMILES string of the molecule is CCOC(C)(C)CN=C(N)NC1CC1. The average molecular weight is 199 g/mol. The van der Waals surface area contributed by atoms with E-state index in [0.717, 1.165) is 0 Å². The van der Waals surface area contributed by atoms with E-state index in [1.807, 2.05) is 20.8 Å². The van der Waals surface area contributed by atoms with E-state index in [1.165, 1.54) is 12.8 Å². The zero-order valence-corrected chi connectivity index (χ0v) is 9.34. The predicted molar refractivity (Wildman–Crippen MR) is 58.4 cm³/mol. The van der Waals surface area contributed by atoms with Crippen LogP contribution in [0.4, 0.5) is 0 Å². The number of nitrogens with two attached hydrogens (primary N) is 1. The van der Waals surface area contributed by atoms with Crippen LogP contribution in [0.2, 0.25) is 0 Å². The first-order valence-corrected chi connectivity index (χ1v) is 5.24. The van der Waals surface area contributed by atoms with Gasteiger partial charge in [0.25, 0.3) is 0 Å². The Kier molecular flexibility index (Phi) is 3.75. The Morgan fingerprint density at radius 2 is 2.21 bits per heavy atom. The molecule has 0 aromatic heterocycles. The highest BCUT2D eigenvalue weighted by molar-refractivity contribution is 5.78. The van der Waals surface area contributed by atoms with Gasteiger partial charge >= 0.3 is 0 Å². The van der Waals surface area contributed by atoms with E-state index in [4.69, 9.17) is 10.5 Å². The van der Waals surface area contributed by atoms with E-state index in [-0.39, 0.29) is 5.60 Å². The number of nitrogens with zero attached hydrogens (tertiary/aromatic N) is 1. The lowest BCUT2D eigenvalue weighted by Crippen LogP contribution is -2.36. The van der Waals surface area contributed by atoms with Gasteiger partial charge in [0.1, 0.15) is 0 Å². The Morgan fingerprint density at radius 1 is 1.57 bits per heavy atom. The van der Waals surface area contributed by atoms with Crippen molar-refractivity contribution in [1.82, 2.24) is 5.32 Å². The Morgan fingerprint density at radius 3 is 2.71 bits per heavy atom. The summed E-state index contributed by atoms with van der Waals surface area (Å²) >= 11 is 0. The number of aliphatic imine (C=N–C) groups is 1. The zero-order valence-electron chi connectivity index (χ0n) is 9.34. The monoisotopic (exact) mass is 199 g/mol. The number of ether oxygens (including phenoxy) is 1. The van der Waals surface area contributed by atoms with E-state index in [1.54, 1.807) is 0 Å². The summed E-state index contributed by atoms with van der Waals surface area (Å²) in [6, 6.07) is 0.564. The third-order valence-corrected chi connectivity index (χ3v) is 2.09. The number of guanidine groups is 1. The van der Waals surface area contributed by atoms with Crippen LogP contribution < -0.4 is 11.1 Å². The van der Waals surface area contributed by atoms with Crippen molar-refractivity contribution in [1.29, 1.82) is 0 Å². The Hall–Kier alpha value is -0.770. The van der Waals surface area contributed by atoms with Crippen LogP contribution in [0.15, 0.2) is 4.99 Å². The first-order chi connectivity index (χ1) is 6.53. The molecule has 0 bridgehead atoms. The molecule has 0 amide bonds. The van der Waals surface area contributed by atoms with Crippen LogP contribution in [0, 0.1) is 0 Å². The molecule has 0 saturated heterocycles. The summed E-state index contributed by atoms with van der Waals surface area (Å²) in [5, 5.41) is 3.14. The molecule has 0 heterocycles. The maximum absolute atomic E-state index is 5.70. The molecule has 3 N–H and O–H groups in total. The number of nitrogens with one attached hydrogen (secondary N) is 1. The van der Waals surface area contributed by atoms with Gasteiger partial charge in [-0.25, -0.2) is 0 Å². The Labute approximate surface area is 85.9 Å². The van der Waals surface area contributed by atoms with Crippen molar-refractivity contribution in [2.24, 2.45) is 10.7 Å². The summed E-state index contributed by atoms with van der Waals surface area (Å²) in [6.07, 6.45) is 2.43. The third kappa shape index (κ3) is 4.46.